The molecule has 194 valence electrons. The normalized spacial score (nSPS) is 13.5. The van der Waals surface area contributed by atoms with Crippen LogP contribution < -0.4 is 0 Å². The highest BCUT2D eigenvalue weighted by Crippen LogP contribution is 2.40. The van der Waals surface area contributed by atoms with Crippen molar-refractivity contribution in [1.82, 2.24) is 20.1 Å². The molecule has 0 fully saturated rings. The zero-order valence-corrected chi connectivity index (χ0v) is 22.1. The number of fused-ring (bicyclic) bond motifs is 1. The molecule has 4 aromatic rings. The van der Waals surface area contributed by atoms with E-state index in [1.165, 1.54) is 29.3 Å². The highest BCUT2D eigenvalue weighted by Gasteiger charge is 2.28. The molecule has 12 heteroatoms. The van der Waals surface area contributed by atoms with Gasteiger partial charge in [-0.25, -0.2) is 14.8 Å². The van der Waals surface area contributed by atoms with E-state index in [9.17, 15) is 14.9 Å². The highest BCUT2D eigenvalue weighted by atomic mass is 32.2. The number of hydrogen-bond donors (Lipinski definition) is 1. The first-order valence-corrected chi connectivity index (χ1v) is 13.6. The van der Waals surface area contributed by atoms with Crippen molar-refractivity contribution in [2.75, 3.05) is 13.2 Å². The van der Waals surface area contributed by atoms with Crippen molar-refractivity contribution in [3.05, 3.63) is 92.1 Å². The molecule has 5 rings (SSSR count). The quantitative estimate of drug-likeness (QED) is 0.127. The van der Waals surface area contributed by atoms with Crippen LogP contribution in [0, 0.1) is 10.1 Å². The molecule has 0 aliphatic carbocycles. The molecule has 0 bridgehead atoms. The molecule has 0 saturated heterocycles. The maximum absolute atomic E-state index is 12.9. The average molecular weight is 549 g/mol. The van der Waals surface area contributed by atoms with E-state index >= 15 is 0 Å². The number of aromatic amines is 1. The first-order valence-electron chi connectivity index (χ1n) is 12.0. The number of benzene rings is 2. The van der Waals surface area contributed by atoms with Crippen LogP contribution >= 0.6 is 23.1 Å². The third kappa shape index (κ3) is 5.82. The number of aromatic nitrogens is 3. The Morgan fingerprint density at radius 3 is 2.89 bits per heavy atom. The topological polar surface area (TPSA) is 127 Å². The van der Waals surface area contributed by atoms with Gasteiger partial charge in [0.25, 0.3) is 5.69 Å². The molecule has 0 amide bonds. The van der Waals surface area contributed by atoms with Crippen molar-refractivity contribution in [2.45, 2.75) is 36.5 Å². The standard InChI is InChI=1S/C26H24N6O4S2/c1-2-36-25(33)23-19-10-11-31(14-17-6-4-3-5-7-17)15-22(19)37-24(23)27-13-18-8-9-21(20(12-18)32(34)35)38-26-28-16-29-30-26/h3-9,12-13,16H,2,10-11,14-15H2,1H3,(H,28,29,30). The van der Waals surface area contributed by atoms with Crippen molar-refractivity contribution < 1.29 is 14.5 Å². The van der Waals surface area contributed by atoms with Crippen LogP contribution in [0.25, 0.3) is 0 Å². The molecule has 2 aromatic carbocycles. The minimum Gasteiger partial charge on any atom is -0.462 e. The number of nitro groups is 1. The van der Waals surface area contributed by atoms with E-state index < -0.39 is 10.9 Å². The van der Waals surface area contributed by atoms with E-state index in [4.69, 9.17) is 4.74 Å². The van der Waals surface area contributed by atoms with Gasteiger partial charge >= 0.3 is 5.97 Å². The predicted molar refractivity (Wildman–Crippen MR) is 145 cm³/mol. The lowest BCUT2D eigenvalue weighted by Crippen LogP contribution is -2.29. The summed E-state index contributed by atoms with van der Waals surface area (Å²) in [7, 11) is 0. The number of carbonyl (C=O) groups excluding carboxylic acids is 1. The Bertz CT molecular complexity index is 1470. The van der Waals surface area contributed by atoms with Gasteiger partial charge in [-0.1, -0.05) is 36.4 Å². The second kappa shape index (κ2) is 11.7. The number of nitro benzene ring substituents is 1. The van der Waals surface area contributed by atoms with Crippen LogP contribution in [0.1, 0.15) is 38.8 Å². The number of nitrogens with zero attached hydrogens (tertiary/aromatic N) is 5. The first-order chi connectivity index (χ1) is 18.5. The molecule has 0 radical (unpaired) electrons. The molecule has 2 aromatic heterocycles. The number of esters is 1. The van der Waals surface area contributed by atoms with Gasteiger partial charge in [-0.2, -0.15) is 5.10 Å². The molecular formula is C26H24N6O4S2. The van der Waals surface area contributed by atoms with Crippen molar-refractivity contribution in [2.24, 2.45) is 4.99 Å². The minimum absolute atomic E-state index is 0.0667. The highest BCUT2D eigenvalue weighted by molar-refractivity contribution is 7.99. The summed E-state index contributed by atoms with van der Waals surface area (Å²) >= 11 is 2.59. The molecule has 0 saturated carbocycles. The third-order valence-electron chi connectivity index (χ3n) is 5.96. The Balaban J connectivity index is 1.42. The second-order valence-corrected chi connectivity index (χ2v) is 10.6. The van der Waals surface area contributed by atoms with Gasteiger partial charge in [0.2, 0.25) is 0 Å². The fourth-order valence-electron chi connectivity index (χ4n) is 4.25. The van der Waals surface area contributed by atoms with E-state index in [1.54, 1.807) is 25.3 Å². The molecule has 0 atom stereocenters. The summed E-state index contributed by atoms with van der Waals surface area (Å²) in [6.07, 6.45) is 3.62. The van der Waals surface area contributed by atoms with Gasteiger partial charge in [-0.3, -0.25) is 20.1 Å². The second-order valence-electron chi connectivity index (χ2n) is 8.49. The molecule has 1 aliphatic rings. The third-order valence-corrected chi connectivity index (χ3v) is 8.04. The molecular weight excluding hydrogens is 524 g/mol. The number of aliphatic imine (C=N–C) groups is 1. The maximum Gasteiger partial charge on any atom is 0.341 e. The van der Waals surface area contributed by atoms with Crippen LogP contribution in [0.15, 0.2) is 69.9 Å². The molecule has 38 heavy (non-hydrogen) atoms. The van der Waals surface area contributed by atoms with Crippen molar-refractivity contribution >= 4 is 46.0 Å². The summed E-state index contributed by atoms with van der Waals surface area (Å²) < 4.78 is 5.36. The van der Waals surface area contributed by atoms with E-state index in [1.807, 2.05) is 18.2 Å². The van der Waals surface area contributed by atoms with Gasteiger partial charge < -0.3 is 4.74 Å². The average Bonchev–Trinajstić information content (AvgIpc) is 3.56. The molecule has 1 N–H and O–H groups in total. The van der Waals surface area contributed by atoms with Crippen LogP contribution in [0.3, 0.4) is 0 Å². The summed E-state index contributed by atoms with van der Waals surface area (Å²) in [5.41, 5.74) is 3.19. The minimum atomic E-state index is -0.439. The number of thiophene rings is 1. The van der Waals surface area contributed by atoms with Crippen LogP contribution in [0.5, 0.6) is 0 Å². The molecule has 10 nitrogen and oxygen atoms in total. The van der Waals surface area contributed by atoms with Crippen LogP contribution in [0.4, 0.5) is 10.7 Å². The lowest BCUT2D eigenvalue weighted by Gasteiger charge is -2.27. The van der Waals surface area contributed by atoms with E-state index in [0.717, 1.165) is 48.3 Å². The fourth-order valence-corrected chi connectivity index (χ4v) is 6.25. The van der Waals surface area contributed by atoms with Crippen LogP contribution in [-0.4, -0.2) is 50.3 Å². The van der Waals surface area contributed by atoms with Gasteiger partial charge in [0.15, 0.2) is 5.16 Å². The zero-order valence-electron chi connectivity index (χ0n) is 20.5. The zero-order chi connectivity index (χ0) is 26.5. The largest absolute Gasteiger partial charge is 0.462 e. The first kappa shape index (κ1) is 25.8. The lowest BCUT2D eigenvalue weighted by atomic mass is 10.0. The van der Waals surface area contributed by atoms with Gasteiger partial charge in [0.05, 0.1) is 22.0 Å². The maximum atomic E-state index is 12.9. The Hall–Kier alpha value is -3.87. The summed E-state index contributed by atoms with van der Waals surface area (Å²) in [6, 6.07) is 15.1. The fraction of sp³-hybridized carbons (Fsp3) is 0.231. The number of hydrogen-bond acceptors (Lipinski definition) is 10. The number of H-pyrrole nitrogens is 1. The van der Waals surface area contributed by atoms with Gasteiger partial charge in [-0.15, -0.1) is 11.3 Å². The van der Waals surface area contributed by atoms with Crippen LogP contribution in [-0.2, 0) is 24.2 Å². The van der Waals surface area contributed by atoms with E-state index in [2.05, 4.69) is 37.2 Å². The smallest absolute Gasteiger partial charge is 0.341 e. The van der Waals surface area contributed by atoms with Crippen molar-refractivity contribution in [3.63, 3.8) is 0 Å². The lowest BCUT2D eigenvalue weighted by molar-refractivity contribution is -0.387. The number of carbonyl (C=O) groups is 1. The monoisotopic (exact) mass is 548 g/mol. The van der Waals surface area contributed by atoms with Gasteiger partial charge in [0, 0.05) is 36.8 Å². The van der Waals surface area contributed by atoms with Crippen molar-refractivity contribution in [1.29, 1.82) is 0 Å². The van der Waals surface area contributed by atoms with Gasteiger partial charge in [0.1, 0.15) is 11.3 Å². The molecule has 1 aliphatic heterocycles. The number of rotatable bonds is 9. The van der Waals surface area contributed by atoms with E-state index in [-0.39, 0.29) is 12.3 Å². The molecule has 3 heterocycles. The molecule has 0 spiro atoms. The summed E-state index contributed by atoms with van der Waals surface area (Å²) in [4.78, 5) is 36.7. The Kier molecular flexibility index (Phi) is 7.91. The summed E-state index contributed by atoms with van der Waals surface area (Å²) in [6.45, 7) is 4.41. The van der Waals surface area contributed by atoms with Crippen molar-refractivity contribution in [3.8, 4) is 0 Å². The van der Waals surface area contributed by atoms with E-state index in [0.29, 0.717) is 26.2 Å². The Labute approximate surface area is 226 Å². The van der Waals surface area contributed by atoms with Gasteiger partial charge in [-0.05, 0) is 47.9 Å². The number of nitrogens with one attached hydrogen (secondary N) is 1. The Morgan fingerprint density at radius 1 is 1.32 bits per heavy atom. The predicted octanol–water partition coefficient (Wildman–Crippen LogP) is 5.41. The van der Waals surface area contributed by atoms with Crippen LogP contribution in [0.2, 0.25) is 0 Å². The Morgan fingerprint density at radius 2 is 2.16 bits per heavy atom. The SMILES string of the molecule is CCOC(=O)c1c(N=Cc2ccc(Sc3ncn[nH]3)c([N+](=O)[O-])c2)sc2c1CCN(Cc1ccccc1)C2. The summed E-state index contributed by atoms with van der Waals surface area (Å²) in [5.74, 6) is -0.390. The molecule has 0 unspecified atom stereocenters. The summed E-state index contributed by atoms with van der Waals surface area (Å²) in [5, 5.41) is 19.2. The number of ether oxygens (including phenoxy) is 1.